The molecular formula is C9H10FN3O. The summed E-state index contributed by atoms with van der Waals surface area (Å²) in [5.41, 5.74) is 0. The van der Waals surface area contributed by atoms with Crippen LogP contribution in [0.3, 0.4) is 0 Å². The predicted molar refractivity (Wildman–Crippen MR) is 50.5 cm³/mol. The van der Waals surface area contributed by atoms with Crippen LogP contribution in [0.1, 0.15) is 6.42 Å². The van der Waals surface area contributed by atoms with Crippen molar-refractivity contribution in [2.24, 2.45) is 0 Å². The topological polar surface area (TPSA) is 47.0 Å². The Labute approximate surface area is 81.5 Å². The third-order valence-corrected chi connectivity index (χ3v) is 1.42. The van der Waals surface area contributed by atoms with Crippen molar-refractivity contribution in [3.63, 3.8) is 0 Å². The second-order valence-corrected chi connectivity index (χ2v) is 2.40. The van der Waals surface area contributed by atoms with Gasteiger partial charge in [0.25, 0.3) is 5.88 Å². The highest BCUT2D eigenvalue weighted by Gasteiger charge is 2.06. The fourth-order valence-electron chi connectivity index (χ4n) is 0.780. The molecule has 1 N–H and O–H groups in total. The maximum absolute atomic E-state index is 13.0. The number of halogens is 1. The summed E-state index contributed by atoms with van der Waals surface area (Å²) in [6, 6.07) is 0. The molecule has 0 aliphatic carbocycles. The molecule has 0 amide bonds. The maximum Gasteiger partial charge on any atom is 0.255 e. The molecule has 5 heteroatoms. The quantitative estimate of drug-likeness (QED) is 0.576. The normalized spacial score (nSPS) is 9.21. The zero-order valence-corrected chi connectivity index (χ0v) is 7.75. The number of ether oxygens (including phenoxy) is 1. The minimum atomic E-state index is -0.596. The summed E-state index contributed by atoms with van der Waals surface area (Å²) in [7, 11) is 1.64. The smallest absolute Gasteiger partial charge is 0.255 e. The first kappa shape index (κ1) is 10.3. The van der Waals surface area contributed by atoms with Gasteiger partial charge >= 0.3 is 0 Å². The molecule has 0 saturated carbocycles. The summed E-state index contributed by atoms with van der Waals surface area (Å²) in [5.74, 6) is 2.01. The van der Waals surface area contributed by atoms with Crippen LogP contribution >= 0.6 is 0 Å². The highest BCUT2D eigenvalue weighted by molar-refractivity contribution is 5.27. The first-order chi connectivity index (χ1) is 6.77. The van der Waals surface area contributed by atoms with Crippen molar-refractivity contribution in [1.29, 1.82) is 0 Å². The van der Waals surface area contributed by atoms with Gasteiger partial charge in [0.2, 0.25) is 11.8 Å². The average molecular weight is 195 g/mol. The fraction of sp³-hybridized carbons (Fsp3) is 0.333. The van der Waals surface area contributed by atoms with Crippen molar-refractivity contribution >= 4 is 5.95 Å². The molecule has 0 atom stereocenters. The molecule has 1 aromatic heterocycles. The molecule has 14 heavy (non-hydrogen) atoms. The number of anilines is 1. The van der Waals surface area contributed by atoms with Crippen LogP contribution in [-0.2, 0) is 0 Å². The molecule has 1 rings (SSSR count). The van der Waals surface area contributed by atoms with Gasteiger partial charge < -0.3 is 10.1 Å². The molecule has 0 unspecified atom stereocenters. The Hall–Kier alpha value is -1.83. The molecule has 0 saturated heterocycles. The summed E-state index contributed by atoms with van der Waals surface area (Å²) in [5, 5.41) is 2.68. The lowest BCUT2D eigenvalue weighted by atomic mass is 10.5. The number of terminal acetylenes is 1. The lowest BCUT2D eigenvalue weighted by molar-refractivity contribution is 0.296. The Morgan fingerprint density at radius 2 is 2.50 bits per heavy atom. The standard InChI is InChI=1S/C9H10FN3O/c1-3-4-5-14-8-7(10)6-12-9(11-2)13-8/h1,6H,4-5H2,2H3,(H,11,12,13). The van der Waals surface area contributed by atoms with E-state index in [0.717, 1.165) is 6.20 Å². The van der Waals surface area contributed by atoms with E-state index in [9.17, 15) is 4.39 Å². The van der Waals surface area contributed by atoms with Gasteiger partial charge in [0.05, 0.1) is 6.20 Å². The molecule has 74 valence electrons. The highest BCUT2D eigenvalue weighted by atomic mass is 19.1. The van der Waals surface area contributed by atoms with E-state index in [2.05, 4.69) is 21.2 Å². The Balaban J connectivity index is 2.69. The lowest BCUT2D eigenvalue weighted by Gasteiger charge is -2.05. The van der Waals surface area contributed by atoms with E-state index in [0.29, 0.717) is 12.4 Å². The SMILES string of the molecule is C#CCCOc1nc(NC)ncc1F. The maximum atomic E-state index is 13.0. The molecule has 0 aromatic carbocycles. The van der Waals surface area contributed by atoms with Crippen molar-refractivity contribution in [3.8, 4) is 18.2 Å². The van der Waals surface area contributed by atoms with Gasteiger partial charge in [-0.3, -0.25) is 0 Å². The van der Waals surface area contributed by atoms with Gasteiger partial charge in [-0.25, -0.2) is 4.98 Å². The molecule has 0 radical (unpaired) electrons. The summed E-state index contributed by atoms with van der Waals surface area (Å²) >= 11 is 0. The second-order valence-electron chi connectivity index (χ2n) is 2.40. The van der Waals surface area contributed by atoms with E-state index in [1.807, 2.05) is 0 Å². The van der Waals surface area contributed by atoms with Gasteiger partial charge in [0, 0.05) is 13.5 Å². The van der Waals surface area contributed by atoms with Crippen molar-refractivity contribution in [2.75, 3.05) is 19.0 Å². The molecule has 0 spiro atoms. The fourth-order valence-corrected chi connectivity index (χ4v) is 0.780. The predicted octanol–water partition coefficient (Wildman–Crippen LogP) is 1.06. The van der Waals surface area contributed by atoms with Crippen molar-refractivity contribution in [2.45, 2.75) is 6.42 Å². The van der Waals surface area contributed by atoms with Gasteiger partial charge in [0.1, 0.15) is 6.61 Å². The molecule has 0 bridgehead atoms. The lowest BCUT2D eigenvalue weighted by Crippen LogP contribution is -2.04. The first-order valence-electron chi connectivity index (χ1n) is 4.04. The number of rotatable bonds is 4. The van der Waals surface area contributed by atoms with Gasteiger partial charge in [-0.2, -0.15) is 9.37 Å². The highest BCUT2D eigenvalue weighted by Crippen LogP contribution is 2.13. The van der Waals surface area contributed by atoms with E-state index in [-0.39, 0.29) is 12.5 Å². The first-order valence-corrected chi connectivity index (χ1v) is 4.04. The van der Waals surface area contributed by atoms with E-state index < -0.39 is 5.82 Å². The Bertz CT molecular complexity index is 348. The second kappa shape index (κ2) is 5.02. The molecule has 0 fully saturated rings. The van der Waals surface area contributed by atoms with Gasteiger partial charge in [0.15, 0.2) is 0 Å². The molecular weight excluding hydrogens is 185 g/mol. The van der Waals surface area contributed by atoms with Crippen LogP contribution in [-0.4, -0.2) is 23.6 Å². The van der Waals surface area contributed by atoms with Crippen molar-refractivity contribution in [1.82, 2.24) is 9.97 Å². The van der Waals surface area contributed by atoms with Crippen LogP contribution in [0.5, 0.6) is 5.88 Å². The molecule has 1 heterocycles. The summed E-state index contributed by atoms with van der Waals surface area (Å²) in [6.45, 7) is 0.244. The van der Waals surface area contributed by atoms with Crippen molar-refractivity contribution < 1.29 is 9.13 Å². The Morgan fingerprint density at radius 1 is 1.71 bits per heavy atom. The van der Waals surface area contributed by atoms with Crippen molar-refractivity contribution in [3.05, 3.63) is 12.0 Å². The Kier molecular flexibility index (Phi) is 3.68. The van der Waals surface area contributed by atoms with Crippen LogP contribution in [0.2, 0.25) is 0 Å². The van der Waals surface area contributed by atoms with E-state index in [1.54, 1.807) is 7.05 Å². The molecule has 0 aliphatic heterocycles. The number of nitrogens with one attached hydrogen (secondary N) is 1. The number of nitrogens with zero attached hydrogens (tertiary/aromatic N) is 2. The average Bonchev–Trinajstić information content (AvgIpc) is 2.21. The zero-order chi connectivity index (χ0) is 10.4. The van der Waals surface area contributed by atoms with Gasteiger partial charge in [-0.15, -0.1) is 12.3 Å². The largest absolute Gasteiger partial charge is 0.474 e. The zero-order valence-electron chi connectivity index (χ0n) is 7.75. The van der Waals surface area contributed by atoms with Crippen LogP contribution in [0.15, 0.2) is 6.20 Å². The third kappa shape index (κ3) is 2.59. The minimum absolute atomic E-state index is 0.0837. The van der Waals surface area contributed by atoms with Crippen LogP contribution in [0.4, 0.5) is 10.3 Å². The number of aromatic nitrogens is 2. The van der Waals surface area contributed by atoms with Crippen LogP contribution < -0.4 is 10.1 Å². The molecule has 1 aromatic rings. The van der Waals surface area contributed by atoms with E-state index in [1.165, 1.54) is 0 Å². The summed E-state index contributed by atoms with van der Waals surface area (Å²) in [6.07, 6.45) is 6.48. The summed E-state index contributed by atoms with van der Waals surface area (Å²) in [4.78, 5) is 7.44. The molecule has 4 nitrogen and oxygen atoms in total. The van der Waals surface area contributed by atoms with E-state index in [4.69, 9.17) is 11.2 Å². The van der Waals surface area contributed by atoms with Crippen LogP contribution in [0.25, 0.3) is 0 Å². The van der Waals surface area contributed by atoms with Crippen LogP contribution in [0, 0.1) is 18.2 Å². The number of hydrogen-bond acceptors (Lipinski definition) is 4. The van der Waals surface area contributed by atoms with Gasteiger partial charge in [-0.05, 0) is 0 Å². The summed E-state index contributed by atoms with van der Waals surface area (Å²) < 4.78 is 18.0. The molecule has 0 aliphatic rings. The van der Waals surface area contributed by atoms with E-state index >= 15 is 0 Å². The van der Waals surface area contributed by atoms with Gasteiger partial charge in [-0.1, -0.05) is 0 Å². The minimum Gasteiger partial charge on any atom is -0.474 e. The number of hydrogen-bond donors (Lipinski definition) is 1. The monoisotopic (exact) mass is 195 g/mol. The third-order valence-electron chi connectivity index (χ3n) is 1.42. The Morgan fingerprint density at radius 3 is 3.14 bits per heavy atom.